The third-order valence-electron chi connectivity index (χ3n) is 2.21. The summed E-state index contributed by atoms with van der Waals surface area (Å²) in [4.78, 5) is 3.58. The van der Waals surface area contributed by atoms with Crippen molar-refractivity contribution in [3.63, 3.8) is 0 Å². The topological polar surface area (TPSA) is 24.9 Å². The molecule has 0 aliphatic rings. The van der Waals surface area contributed by atoms with Crippen molar-refractivity contribution in [2.45, 2.75) is 6.54 Å². The number of benzene rings is 1. The maximum absolute atomic E-state index is 12.6. The molecule has 0 bridgehead atoms. The van der Waals surface area contributed by atoms with Crippen LogP contribution in [0.3, 0.4) is 0 Å². The van der Waals surface area contributed by atoms with Crippen LogP contribution in [0.1, 0.15) is 5.56 Å². The quantitative estimate of drug-likeness (QED) is 0.823. The number of nitrogens with one attached hydrogen (secondary N) is 1. The lowest BCUT2D eigenvalue weighted by Gasteiger charge is -2.07. The normalized spacial score (nSPS) is 10.3. The summed E-state index contributed by atoms with van der Waals surface area (Å²) in [5, 5.41) is 3.17. The molecule has 2 rings (SSSR count). The van der Waals surface area contributed by atoms with Crippen LogP contribution in [-0.2, 0) is 6.54 Å². The summed E-state index contributed by atoms with van der Waals surface area (Å²) in [7, 11) is 0. The fourth-order valence-corrected chi connectivity index (χ4v) is 2.01. The number of halogens is 3. The van der Waals surface area contributed by atoms with Gasteiger partial charge in [0.05, 0.1) is 11.9 Å². The summed E-state index contributed by atoms with van der Waals surface area (Å²) >= 11 is 6.86. The number of nitrogens with zero attached hydrogens (tertiary/aromatic N) is 1. The van der Waals surface area contributed by atoms with Crippen molar-refractivity contribution in [1.29, 1.82) is 0 Å². The molecule has 1 N–H and O–H groups in total. The van der Waals surface area contributed by atoms with Gasteiger partial charge >= 0.3 is 0 Å². The number of anilines is 1. The number of pyridine rings is 1. The van der Waals surface area contributed by atoms with Crippen LogP contribution in [0.25, 0.3) is 0 Å². The number of hydrogen-bond acceptors (Lipinski definition) is 2. The van der Waals surface area contributed by atoms with E-state index in [9.17, 15) is 4.39 Å². The van der Waals surface area contributed by atoms with Crippen LogP contribution in [0, 0.1) is 5.95 Å². The predicted molar refractivity (Wildman–Crippen MR) is 73.4 cm³/mol. The van der Waals surface area contributed by atoms with Gasteiger partial charge in [0.1, 0.15) is 0 Å². The second kappa shape index (κ2) is 5.60. The van der Waals surface area contributed by atoms with Crippen LogP contribution in [0.15, 0.2) is 45.5 Å². The lowest BCUT2D eigenvalue weighted by atomic mass is 10.2. The van der Waals surface area contributed by atoms with Gasteiger partial charge in [-0.3, -0.25) is 0 Å². The fraction of sp³-hybridized carbons (Fsp3) is 0.0833. The van der Waals surface area contributed by atoms with Gasteiger partial charge in [0.15, 0.2) is 0 Å². The van der Waals surface area contributed by atoms with Gasteiger partial charge in [-0.1, -0.05) is 6.07 Å². The van der Waals surface area contributed by atoms with E-state index in [1.54, 1.807) is 6.07 Å². The summed E-state index contributed by atoms with van der Waals surface area (Å²) in [6, 6.07) is 9.01. The van der Waals surface area contributed by atoms with Gasteiger partial charge in [0.25, 0.3) is 0 Å². The summed E-state index contributed by atoms with van der Waals surface area (Å²) in [6.07, 6.45) is 1.48. The Labute approximate surface area is 116 Å². The summed E-state index contributed by atoms with van der Waals surface area (Å²) < 4.78 is 14.6. The molecule has 0 unspecified atom stereocenters. The van der Waals surface area contributed by atoms with E-state index in [2.05, 4.69) is 42.2 Å². The molecule has 1 aromatic heterocycles. The van der Waals surface area contributed by atoms with Crippen LogP contribution in [0.4, 0.5) is 10.1 Å². The smallest absolute Gasteiger partial charge is 0.212 e. The van der Waals surface area contributed by atoms with Crippen molar-refractivity contribution in [3.8, 4) is 0 Å². The SMILES string of the molecule is Fc1ccc(NCc2ccc(Br)c(Br)c2)cn1. The maximum Gasteiger partial charge on any atom is 0.212 e. The molecule has 88 valence electrons. The largest absolute Gasteiger partial charge is 0.380 e. The van der Waals surface area contributed by atoms with E-state index < -0.39 is 5.95 Å². The summed E-state index contributed by atoms with van der Waals surface area (Å²) in [5.74, 6) is -0.470. The zero-order valence-electron chi connectivity index (χ0n) is 8.75. The van der Waals surface area contributed by atoms with Gasteiger partial charge in [0.2, 0.25) is 5.95 Å². The molecule has 0 radical (unpaired) electrons. The average Bonchev–Trinajstić information content (AvgIpc) is 2.33. The Morgan fingerprint density at radius 3 is 2.59 bits per heavy atom. The standard InChI is InChI=1S/C12H9Br2FN2/c13-10-3-1-8(5-11(10)14)6-16-9-2-4-12(15)17-7-9/h1-5,7,16H,6H2. The molecule has 2 aromatic rings. The van der Waals surface area contributed by atoms with Crippen molar-refractivity contribution in [3.05, 3.63) is 57.0 Å². The van der Waals surface area contributed by atoms with E-state index in [0.717, 1.165) is 20.2 Å². The molecule has 0 aliphatic heterocycles. The number of hydrogen-bond donors (Lipinski definition) is 1. The Hall–Kier alpha value is -0.940. The van der Waals surface area contributed by atoms with Gasteiger partial charge < -0.3 is 5.32 Å². The Morgan fingerprint density at radius 2 is 1.94 bits per heavy atom. The van der Waals surface area contributed by atoms with Crippen LogP contribution in [0.2, 0.25) is 0 Å². The van der Waals surface area contributed by atoms with Crippen LogP contribution in [0.5, 0.6) is 0 Å². The van der Waals surface area contributed by atoms with Crippen LogP contribution in [-0.4, -0.2) is 4.98 Å². The minimum absolute atomic E-state index is 0.470. The van der Waals surface area contributed by atoms with E-state index in [1.165, 1.54) is 12.3 Å². The number of aromatic nitrogens is 1. The molecule has 17 heavy (non-hydrogen) atoms. The zero-order valence-corrected chi connectivity index (χ0v) is 11.9. The molecule has 0 saturated carbocycles. The van der Waals surface area contributed by atoms with Crippen LogP contribution < -0.4 is 5.32 Å². The van der Waals surface area contributed by atoms with E-state index in [1.807, 2.05) is 18.2 Å². The third kappa shape index (κ3) is 3.51. The molecule has 0 amide bonds. The molecule has 1 aromatic carbocycles. The lowest BCUT2D eigenvalue weighted by Crippen LogP contribution is -2.00. The Morgan fingerprint density at radius 1 is 1.12 bits per heavy atom. The monoisotopic (exact) mass is 358 g/mol. The minimum Gasteiger partial charge on any atom is -0.380 e. The maximum atomic E-state index is 12.6. The highest BCUT2D eigenvalue weighted by Gasteiger charge is 1.99. The molecule has 0 aliphatic carbocycles. The lowest BCUT2D eigenvalue weighted by molar-refractivity contribution is 0.584. The Kier molecular flexibility index (Phi) is 4.12. The Bertz CT molecular complexity index is 514. The molecule has 0 atom stereocenters. The number of rotatable bonds is 3. The second-order valence-electron chi connectivity index (χ2n) is 3.47. The second-order valence-corrected chi connectivity index (χ2v) is 5.18. The van der Waals surface area contributed by atoms with Gasteiger partial charge in [-0.25, -0.2) is 4.98 Å². The molecule has 5 heteroatoms. The first kappa shape index (κ1) is 12.5. The molecule has 0 spiro atoms. The predicted octanol–water partition coefficient (Wildman–Crippen LogP) is 4.36. The molecule has 2 nitrogen and oxygen atoms in total. The highest BCUT2D eigenvalue weighted by Crippen LogP contribution is 2.24. The van der Waals surface area contributed by atoms with Crippen LogP contribution >= 0.6 is 31.9 Å². The Balaban J connectivity index is 2.02. The van der Waals surface area contributed by atoms with Gasteiger partial charge in [-0.15, -0.1) is 0 Å². The van der Waals surface area contributed by atoms with Crippen molar-refractivity contribution in [2.24, 2.45) is 0 Å². The average molecular weight is 360 g/mol. The molecule has 1 heterocycles. The third-order valence-corrected chi connectivity index (χ3v) is 4.09. The van der Waals surface area contributed by atoms with Gasteiger partial charge in [0, 0.05) is 15.5 Å². The van der Waals surface area contributed by atoms with Crippen molar-refractivity contribution < 1.29 is 4.39 Å². The minimum atomic E-state index is -0.470. The van der Waals surface area contributed by atoms with Crippen molar-refractivity contribution in [1.82, 2.24) is 4.98 Å². The van der Waals surface area contributed by atoms with E-state index in [0.29, 0.717) is 6.54 Å². The van der Waals surface area contributed by atoms with E-state index in [-0.39, 0.29) is 0 Å². The van der Waals surface area contributed by atoms with Crippen molar-refractivity contribution >= 4 is 37.5 Å². The van der Waals surface area contributed by atoms with E-state index >= 15 is 0 Å². The first-order chi connectivity index (χ1) is 8.15. The van der Waals surface area contributed by atoms with Gasteiger partial charge in [-0.2, -0.15) is 4.39 Å². The van der Waals surface area contributed by atoms with Gasteiger partial charge in [-0.05, 0) is 61.7 Å². The molecular formula is C12H9Br2FN2. The highest BCUT2D eigenvalue weighted by atomic mass is 79.9. The van der Waals surface area contributed by atoms with Crippen molar-refractivity contribution in [2.75, 3.05) is 5.32 Å². The first-order valence-electron chi connectivity index (χ1n) is 4.94. The molecule has 0 fully saturated rings. The molecule has 0 saturated heterocycles. The highest BCUT2D eigenvalue weighted by molar-refractivity contribution is 9.13. The fourth-order valence-electron chi connectivity index (χ4n) is 1.33. The summed E-state index contributed by atoms with van der Waals surface area (Å²) in [5.41, 5.74) is 1.93. The first-order valence-corrected chi connectivity index (χ1v) is 6.53. The van der Waals surface area contributed by atoms with E-state index in [4.69, 9.17) is 0 Å². The molecular weight excluding hydrogens is 351 g/mol. The summed E-state index contributed by atoms with van der Waals surface area (Å²) in [6.45, 7) is 0.666. The zero-order chi connectivity index (χ0) is 12.3.